The van der Waals surface area contributed by atoms with Crippen LogP contribution in [0.15, 0.2) is 36.4 Å². The molecule has 1 N–H and O–H groups in total. The fraction of sp³-hybridized carbons (Fsp3) is 0.133. The molecule has 2 aromatic carbocycles. The summed E-state index contributed by atoms with van der Waals surface area (Å²) >= 11 is 0. The Morgan fingerprint density at radius 1 is 1.21 bits per heavy atom. The van der Waals surface area contributed by atoms with E-state index in [1.54, 1.807) is 19.1 Å². The number of halogens is 1. The van der Waals surface area contributed by atoms with E-state index in [9.17, 15) is 14.3 Å². The van der Waals surface area contributed by atoms with Crippen molar-refractivity contribution in [1.29, 1.82) is 0 Å². The van der Waals surface area contributed by atoms with Crippen molar-refractivity contribution in [3.05, 3.63) is 53.3 Å². The normalized spacial score (nSPS) is 10.3. The molecule has 2 aromatic rings. The summed E-state index contributed by atoms with van der Waals surface area (Å²) in [7, 11) is 1.27. The first-order valence-corrected chi connectivity index (χ1v) is 5.70. The Balaban J connectivity index is 2.57. The van der Waals surface area contributed by atoms with Gasteiger partial charge in [0, 0.05) is 5.56 Å². The third-order valence-electron chi connectivity index (χ3n) is 2.76. The lowest BCUT2D eigenvalue weighted by atomic mass is 10.0. The Bertz CT molecular complexity index is 615. The summed E-state index contributed by atoms with van der Waals surface area (Å²) in [5, 5.41) is 9.56. The monoisotopic (exact) mass is 260 g/mol. The highest BCUT2D eigenvalue weighted by atomic mass is 19.1. The summed E-state index contributed by atoms with van der Waals surface area (Å²) in [5.41, 5.74) is 1.83. The van der Waals surface area contributed by atoms with E-state index in [1.807, 2.05) is 0 Å². The van der Waals surface area contributed by atoms with Gasteiger partial charge in [-0.3, -0.25) is 0 Å². The van der Waals surface area contributed by atoms with E-state index in [4.69, 9.17) is 0 Å². The molecule has 0 aliphatic carbocycles. The Kier molecular flexibility index (Phi) is 3.51. The van der Waals surface area contributed by atoms with Crippen LogP contribution in [-0.4, -0.2) is 18.2 Å². The first-order valence-electron chi connectivity index (χ1n) is 5.70. The van der Waals surface area contributed by atoms with Crippen LogP contribution in [0.4, 0.5) is 4.39 Å². The first kappa shape index (κ1) is 13.1. The van der Waals surface area contributed by atoms with E-state index in [1.165, 1.54) is 31.4 Å². The summed E-state index contributed by atoms with van der Waals surface area (Å²) in [5.74, 6) is -0.936. The molecule has 0 amide bonds. The molecular formula is C15H13FO3. The van der Waals surface area contributed by atoms with Crippen LogP contribution in [0.2, 0.25) is 0 Å². The predicted octanol–water partition coefficient (Wildman–Crippen LogP) is 3.29. The van der Waals surface area contributed by atoms with Gasteiger partial charge in [0.1, 0.15) is 11.6 Å². The van der Waals surface area contributed by atoms with Crippen LogP contribution in [0.25, 0.3) is 11.1 Å². The molecule has 0 atom stereocenters. The van der Waals surface area contributed by atoms with Crippen molar-refractivity contribution in [1.82, 2.24) is 0 Å². The maximum atomic E-state index is 13.9. The van der Waals surface area contributed by atoms with Gasteiger partial charge in [-0.05, 0) is 48.4 Å². The highest BCUT2D eigenvalue weighted by molar-refractivity contribution is 5.91. The summed E-state index contributed by atoms with van der Waals surface area (Å²) in [4.78, 5) is 11.4. The standard InChI is InChI=1S/C15H13FO3/c1-9-5-11(7-12(17)6-9)13-8-10(15(18)19-2)3-4-14(13)16/h3-8,17H,1-2H3. The molecule has 0 heterocycles. The van der Waals surface area contributed by atoms with Crippen LogP contribution < -0.4 is 0 Å². The van der Waals surface area contributed by atoms with Crippen LogP contribution in [-0.2, 0) is 4.74 Å². The predicted molar refractivity (Wildman–Crippen MR) is 69.6 cm³/mol. The van der Waals surface area contributed by atoms with Crippen molar-refractivity contribution in [3.63, 3.8) is 0 Å². The van der Waals surface area contributed by atoms with Gasteiger partial charge in [0.15, 0.2) is 0 Å². The first-order chi connectivity index (χ1) is 9.01. The van der Waals surface area contributed by atoms with Gasteiger partial charge in [0.2, 0.25) is 0 Å². The topological polar surface area (TPSA) is 46.5 Å². The molecule has 0 aliphatic rings. The van der Waals surface area contributed by atoms with Gasteiger partial charge in [-0.1, -0.05) is 6.07 Å². The quantitative estimate of drug-likeness (QED) is 0.843. The number of phenols is 1. The summed E-state index contributed by atoms with van der Waals surface area (Å²) in [6, 6.07) is 8.74. The molecule has 4 heteroatoms. The second kappa shape index (κ2) is 5.10. The van der Waals surface area contributed by atoms with Crippen molar-refractivity contribution >= 4 is 5.97 Å². The zero-order valence-electron chi connectivity index (χ0n) is 10.6. The van der Waals surface area contributed by atoms with Gasteiger partial charge in [-0.2, -0.15) is 0 Å². The minimum absolute atomic E-state index is 0.0536. The minimum Gasteiger partial charge on any atom is -0.508 e. The average molecular weight is 260 g/mol. The van der Waals surface area contributed by atoms with Crippen molar-refractivity contribution in [2.24, 2.45) is 0 Å². The van der Waals surface area contributed by atoms with Crippen LogP contribution >= 0.6 is 0 Å². The highest BCUT2D eigenvalue weighted by Crippen LogP contribution is 2.28. The largest absolute Gasteiger partial charge is 0.508 e. The lowest BCUT2D eigenvalue weighted by Crippen LogP contribution is -2.02. The van der Waals surface area contributed by atoms with Gasteiger partial charge >= 0.3 is 5.97 Å². The molecule has 0 bridgehead atoms. The SMILES string of the molecule is COC(=O)c1ccc(F)c(-c2cc(C)cc(O)c2)c1. The molecule has 0 radical (unpaired) electrons. The number of hydrogen-bond donors (Lipinski definition) is 1. The van der Waals surface area contributed by atoms with Crippen LogP contribution in [0.3, 0.4) is 0 Å². The van der Waals surface area contributed by atoms with Crippen molar-refractivity contribution in [3.8, 4) is 16.9 Å². The van der Waals surface area contributed by atoms with E-state index < -0.39 is 11.8 Å². The number of aryl methyl sites for hydroxylation is 1. The number of esters is 1. The van der Waals surface area contributed by atoms with Crippen LogP contribution in [0.1, 0.15) is 15.9 Å². The molecule has 98 valence electrons. The lowest BCUT2D eigenvalue weighted by Gasteiger charge is -2.08. The van der Waals surface area contributed by atoms with E-state index in [0.717, 1.165) is 5.56 Å². The molecule has 0 unspecified atom stereocenters. The summed E-state index contributed by atoms with van der Waals surface area (Å²) < 4.78 is 18.5. The fourth-order valence-corrected chi connectivity index (χ4v) is 1.91. The van der Waals surface area contributed by atoms with Crippen molar-refractivity contribution in [2.45, 2.75) is 6.92 Å². The number of ether oxygens (including phenoxy) is 1. The Morgan fingerprint density at radius 3 is 2.58 bits per heavy atom. The van der Waals surface area contributed by atoms with Gasteiger partial charge < -0.3 is 9.84 Å². The van der Waals surface area contributed by atoms with Gasteiger partial charge in [0.25, 0.3) is 0 Å². The number of rotatable bonds is 2. The third kappa shape index (κ3) is 2.73. The maximum Gasteiger partial charge on any atom is 0.337 e. The Hall–Kier alpha value is -2.36. The average Bonchev–Trinajstić information content (AvgIpc) is 2.37. The molecule has 3 nitrogen and oxygen atoms in total. The van der Waals surface area contributed by atoms with Gasteiger partial charge in [-0.15, -0.1) is 0 Å². The molecular weight excluding hydrogens is 247 g/mol. The molecule has 0 fully saturated rings. The second-order valence-electron chi connectivity index (χ2n) is 4.24. The Morgan fingerprint density at radius 2 is 1.95 bits per heavy atom. The number of methoxy groups -OCH3 is 1. The number of carbonyl (C=O) groups excluding carboxylic acids is 1. The van der Waals surface area contributed by atoms with Gasteiger partial charge in [0.05, 0.1) is 12.7 Å². The zero-order chi connectivity index (χ0) is 14.0. The summed E-state index contributed by atoms with van der Waals surface area (Å²) in [6.07, 6.45) is 0. The number of phenolic OH excluding ortho intramolecular Hbond substituents is 1. The van der Waals surface area contributed by atoms with E-state index in [2.05, 4.69) is 4.74 Å². The molecule has 0 saturated heterocycles. The molecule has 0 saturated carbocycles. The van der Waals surface area contributed by atoms with Crippen molar-refractivity contribution < 1.29 is 19.0 Å². The fourth-order valence-electron chi connectivity index (χ4n) is 1.91. The van der Waals surface area contributed by atoms with E-state index in [-0.39, 0.29) is 16.9 Å². The summed E-state index contributed by atoms with van der Waals surface area (Å²) in [6.45, 7) is 1.80. The Labute approximate surface area is 110 Å². The maximum absolute atomic E-state index is 13.9. The molecule has 2 rings (SSSR count). The number of aromatic hydroxyl groups is 1. The molecule has 19 heavy (non-hydrogen) atoms. The van der Waals surface area contributed by atoms with Gasteiger partial charge in [-0.25, -0.2) is 9.18 Å². The zero-order valence-corrected chi connectivity index (χ0v) is 10.6. The molecule has 0 spiro atoms. The van der Waals surface area contributed by atoms with Crippen molar-refractivity contribution in [2.75, 3.05) is 7.11 Å². The van der Waals surface area contributed by atoms with E-state index >= 15 is 0 Å². The molecule has 0 aliphatic heterocycles. The third-order valence-corrected chi connectivity index (χ3v) is 2.76. The number of carbonyl (C=O) groups is 1. The highest BCUT2D eigenvalue weighted by Gasteiger charge is 2.12. The van der Waals surface area contributed by atoms with Crippen LogP contribution in [0, 0.1) is 12.7 Å². The lowest BCUT2D eigenvalue weighted by molar-refractivity contribution is 0.0600. The minimum atomic E-state index is -0.530. The second-order valence-corrected chi connectivity index (χ2v) is 4.24. The smallest absolute Gasteiger partial charge is 0.337 e. The molecule has 0 aromatic heterocycles. The number of hydrogen-bond acceptors (Lipinski definition) is 3. The van der Waals surface area contributed by atoms with Crippen LogP contribution in [0.5, 0.6) is 5.75 Å². The van der Waals surface area contributed by atoms with E-state index in [0.29, 0.717) is 5.56 Å². The number of benzene rings is 2.